The van der Waals surface area contributed by atoms with Crippen molar-refractivity contribution in [1.29, 1.82) is 5.26 Å². The highest BCUT2D eigenvalue weighted by Gasteiger charge is 2.43. The lowest BCUT2D eigenvalue weighted by Gasteiger charge is -2.29. The quantitative estimate of drug-likeness (QED) is 0.764. The van der Waals surface area contributed by atoms with Crippen molar-refractivity contribution in [3.63, 3.8) is 0 Å². The molecule has 1 aromatic heterocycles. The van der Waals surface area contributed by atoms with E-state index in [9.17, 15) is 28.0 Å². The zero-order chi connectivity index (χ0) is 22.2. The van der Waals surface area contributed by atoms with Gasteiger partial charge in [-0.2, -0.15) is 18.4 Å². The highest BCUT2D eigenvalue weighted by Crippen LogP contribution is 2.38. The number of hydrogen-bond acceptors (Lipinski definition) is 4. The zero-order valence-electron chi connectivity index (χ0n) is 16.6. The van der Waals surface area contributed by atoms with Gasteiger partial charge in [0.2, 0.25) is 11.8 Å². The normalized spacial score (nSPS) is 16.5. The van der Waals surface area contributed by atoms with Gasteiger partial charge in [-0.15, -0.1) is 0 Å². The van der Waals surface area contributed by atoms with E-state index in [0.717, 1.165) is 16.5 Å². The molecule has 2 aromatic rings. The predicted octanol–water partition coefficient (Wildman–Crippen LogP) is 3.75. The number of likely N-dealkylation sites (N-methyl/N-ethyl adjacent to an activating group) is 1. The summed E-state index contributed by atoms with van der Waals surface area (Å²) in [5.74, 6) is -1.44. The fraction of sp³-hybridized carbons (Fsp3) is 0.333. The van der Waals surface area contributed by atoms with E-state index in [1.807, 2.05) is 13.0 Å². The largest absolute Gasteiger partial charge is 0.417 e. The van der Waals surface area contributed by atoms with Crippen LogP contribution in [0.3, 0.4) is 0 Å². The standard InChI is InChI=1S/C21H19F3N4O2/c1-12-5-4-6-14(9-12)27(3)20(30)17-7-8-18(29)28(17)19-15(11-25)16(21(22,23)24)10-13(2)26-19/h4-6,9-10,17H,7-8H2,1-3H3. The number of halogens is 3. The predicted molar refractivity (Wildman–Crippen MR) is 104 cm³/mol. The van der Waals surface area contributed by atoms with Crippen LogP contribution in [0.15, 0.2) is 30.3 Å². The topological polar surface area (TPSA) is 77.3 Å². The van der Waals surface area contributed by atoms with Crippen LogP contribution >= 0.6 is 0 Å². The molecule has 1 saturated heterocycles. The second-order valence-corrected chi connectivity index (χ2v) is 7.17. The van der Waals surface area contributed by atoms with Crippen molar-refractivity contribution in [1.82, 2.24) is 4.98 Å². The van der Waals surface area contributed by atoms with Gasteiger partial charge >= 0.3 is 6.18 Å². The summed E-state index contributed by atoms with van der Waals surface area (Å²) in [7, 11) is 1.54. The summed E-state index contributed by atoms with van der Waals surface area (Å²) in [5, 5.41) is 9.42. The Bertz CT molecular complexity index is 1060. The van der Waals surface area contributed by atoms with Crippen LogP contribution in [0.4, 0.5) is 24.7 Å². The van der Waals surface area contributed by atoms with Crippen molar-refractivity contribution in [3.05, 3.63) is 52.7 Å². The highest BCUT2D eigenvalue weighted by molar-refractivity contribution is 6.08. The lowest BCUT2D eigenvalue weighted by Crippen LogP contribution is -2.46. The van der Waals surface area contributed by atoms with Crippen LogP contribution in [0, 0.1) is 25.2 Å². The molecule has 156 valence electrons. The van der Waals surface area contributed by atoms with E-state index in [1.165, 1.54) is 24.9 Å². The lowest BCUT2D eigenvalue weighted by atomic mass is 10.1. The monoisotopic (exact) mass is 416 g/mol. The molecule has 9 heteroatoms. The molecule has 1 aliphatic rings. The van der Waals surface area contributed by atoms with Crippen LogP contribution in [-0.4, -0.2) is 29.9 Å². The molecule has 2 amide bonds. The summed E-state index contributed by atoms with van der Waals surface area (Å²) in [5.41, 5.74) is -0.430. The van der Waals surface area contributed by atoms with Gasteiger partial charge in [0, 0.05) is 24.8 Å². The van der Waals surface area contributed by atoms with Crippen molar-refractivity contribution < 1.29 is 22.8 Å². The number of hydrogen-bond donors (Lipinski definition) is 0. The summed E-state index contributed by atoms with van der Waals surface area (Å²) < 4.78 is 40.4. The highest BCUT2D eigenvalue weighted by atomic mass is 19.4. The average molecular weight is 416 g/mol. The second-order valence-electron chi connectivity index (χ2n) is 7.17. The Hall–Kier alpha value is -3.41. The number of nitrogens with zero attached hydrogens (tertiary/aromatic N) is 4. The molecule has 3 rings (SSSR count). The second kappa shape index (κ2) is 7.78. The van der Waals surface area contributed by atoms with Crippen LogP contribution < -0.4 is 9.80 Å². The van der Waals surface area contributed by atoms with Crippen LogP contribution in [0.25, 0.3) is 0 Å². The van der Waals surface area contributed by atoms with Gasteiger partial charge in [-0.25, -0.2) is 4.98 Å². The van der Waals surface area contributed by atoms with Gasteiger partial charge in [0.1, 0.15) is 17.7 Å². The number of carbonyl (C=O) groups excluding carboxylic acids is 2. The Morgan fingerprint density at radius 1 is 1.30 bits per heavy atom. The van der Waals surface area contributed by atoms with Crippen LogP contribution in [-0.2, 0) is 15.8 Å². The summed E-state index contributed by atoms with van der Waals surface area (Å²) in [4.78, 5) is 32.1. The number of nitriles is 1. The first-order valence-electron chi connectivity index (χ1n) is 9.20. The number of carbonyl (C=O) groups is 2. The maximum atomic E-state index is 13.5. The number of pyridine rings is 1. The van der Waals surface area contributed by atoms with Gasteiger partial charge in [0.25, 0.3) is 0 Å². The molecule has 1 unspecified atom stereocenters. The molecule has 0 spiro atoms. The summed E-state index contributed by atoms with van der Waals surface area (Å²) in [6, 6.07) is 8.38. The van der Waals surface area contributed by atoms with Gasteiger partial charge in [-0.3, -0.25) is 14.5 Å². The fourth-order valence-corrected chi connectivity index (χ4v) is 3.54. The molecule has 0 saturated carbocycles. The number of aryl methyl sites for hydroxylation is 2. The minimum atomic E-state index is -4.80. The molecular formula is C21H19F3N4O2. The minimum absolute atomic E-state index is 0.00531. The molecule has 0 N–H and O–H groups in total. The maximum absolute atomic E-state index is 13.5. The van der Waals surface area contributed by atoms with E-state index in [0.29, 0.717) is 5.69 Å². The van der Waals surface area contributed by atoms with Gasteiger partial charge in [0.05, 0.1) is 5.56 Å². The smallest absolute Gasteiger partial charge is 0.314 e. The van der Waals surface area contributed by atoms with Gasteiger partial charge < -0.3 is 4.90 Å². The van der Waals surface area contributed by atoms with Crippen molar-refractivity contribution >= 4 is 23.3 Å². The molecule has 1 atom stereocenters. The van der Waals surface area contributed by atoms with E-state index < -0.39 is 41.0 Å². The summed E-state index contributed by atoms with van der Waals surface area (Å²) >= 11 is 0. The zero-order valence-corrected chi connectivity index (χ0v) is 16.6. The van der Waals surface area contributed by atoms with Gasteiger partial charge in [-0.05, 0) is 44.0 Å². The number of aromatic nitrogens is 1. The summed E-state index contributed by atoms with van der Waals surface area (Å²) in [6.45, 7) is 3.21. The number of rotatable bonds is 3. The minimum Gasteiger partial charge on any atom is -0.314 e. The molecular weight excluding hydrogens is 397 g/mol. The maximum Gasteiger partial charge on any atom is 0.417 e. The van der Waals surface area contributed by atoms with E-state index in [2.05, 4.69) is 4.98 Å². The first-order chi connectivity index (χ1) is 14.0. The number of benzene rings is 1. The third-order valence-corrected chi connectivity index (χ3v) is 4.99. The third-order valence-electron chi connectivity index (χ3n) is 4.99. The van der Waals surface area contributed by atoms with Crippen molar-refractivity contribution in [2.45, 2.75) is 38.9 Å². The first-order valence-corrected chi connectivity index (χ1v) is 9.20. The molecule has 0 bridgehead atoms. The Labute approximate surface area is 171 Å². The van der Waals surface area contributed by atoms with Crippen molar-refractivity contribution in [2.75, 3.05) is 16.8 Å². The van der Waals surface area contributed by atoms with Crippen LogP contribution in [0.1, 0.15) is 35.2 Å². The Balaban J connectivity index is 2.07. The van der Waals surface area contributed by atoms with E-state index in [4.69, 9.17) is 0 Å². The summed E-state index contributed by atoms with van der Waals surface area (Å²) in [6.07, 6.45) is -4.70. The molecule has 6 nitrogen and oxygen atoms in total. The Kier molecular flexibility index (Phi) is 5.53. The fourth-order valence-electron chi connectivity index (χ4n) is 3.54. The van der Waals surface area contributed by atoms with Crippen LogP contribution in [0.5, 0.6) is 0 Å². The van der Waals surface area contributed by atoms with Gasteiger partial charge in [0.15, 0.2) is 5.82 Å². The number of amides is 2. The SMILES string of the molecule is Cc1cccc(N(C)C(=O)C2CCC(=O)N2c2nc(C)cc(C(F)(F)F)c2C#N)c1. The van der Waals surface area contributed by atoms with E-state index in [1.54, 1.807) is 18.2 Å². The third kappa shape index (κ3) is 3.85. The Morgan fingerprint density at radius 2 is 2.00 bits per heavy atom. The van der Waals surface area contributed by atoms with Crippen molar-refractivity contribution in [3.8, 4) is 6.07 Å². The molecule has 2 heterocycles. The van der Waals surface area contributed by atoms with E-state index in [-0.39, 0.29) is 18.5 Å². The van der Waals surface area contributed by atoms with Crippen LogP contribution in [0.2, 0.25) is 0 Å². The lowest BCUT2D eigenvalue weighted by molar-refractivity contribution is -0.138. The first kappa shape index (κ1) is 21.3. The number of anilines is 2. The molecule has 0 radical (unpaired) electrons. The average Bonchev–Trinajstić information content (AvgIpc) is 3.06. The van der Waals surface area contributed by atoms with Crippen molar-refractivity contribution in [2.24, 2.45) is 0 Å². The molecule has 1 aliphatic heterocycles. The molecule has 30 heavy (non-hydrogen) atoms. The molecule has 0 aliphatic carbocycles. The molecule has 1 fully saturated rings. The van der Waals surface area contributed by atoms with E-state index >= 15 is 0 Å². The van der Waals surface area contributed by atoms with Gasteiger partial charge in [-0.1, -0.05) is 12.1 Å². The molecule has 1 aromatic carbocycles. The Morgan fingerprint density at radius 3 is 2.60 bits per heavy atom. The number of alkyl halides is 3.